The first-order chi connectivity index (χ1) is 8.30. The number of aliphatic carboxylic acids is 1. The van der Waals surface area contributed by atoms with Crippen molar-refractivity contribution in [3.63, 3.8) is 0 Å². The average molecular weight is 287 g/mol. The first-order valence-electron chi connectivity index (χ1n) is 5.78. The van der Waals surface area contributed by atoms with E-state index < -0.39 is 28.0 Å². The van der Waals surface area contributed by atoms with Gasteiger partial charge in [0.2, 0.25) is 0 Å². The van der Waals surface area contributed by atoms with Crippen molar-refractivity contribution in [2.75, 3.05) is 0 Å². The molecule has 4 nitrogen and oxygen atoms in total. The Balaban J connectivity index is 2.21. The second-order valence-electron chi connectivity index (χ2n) is 5.42. The van der Waals surface area contributed by atoms with E-state index >= 15 is 0 Å². The first kappa shape index (κ1) is 13.9. The molecule has 2 N–H and O–H groups in total. The third kappa shape index (κ3) is 2.56. The molecule has 2 rings (SSSR count). The topological polar surface area (TPSA) is 72.4 Å². The molecule has 0 aliphatic heterocycles. The third-order valence-corrected chi connectivity index (χ3v) is 5.57. The molecule has 0 amide bonds. The van der Waals surface area contributed by atoms with Crippen LogP contribution in [0.25, 0.3) is 0 Å². The van der Waals surface area contributed by atoms with E-state index in [0.717, 1.165) is 10.4 Å². The molecule has 1 aliphatic rings. The van der Waals surface area contributed by atoms with Gasteiger partial charge in [0.25, 0.3) is 0 Å². The maximum atomic E-state index is 12.1. The Bertz CT molecular complexity index is 452. The van der Waals surface area contributed by atoms with Crippen LogP contribution in [0.1, 0.15) is 37.3 Å². The fraction of sp³-hybridized carbons (Fsp3) is 0.583. The van der Waals surface area contributed by atoms with Gasteiger partial charge in [0.15, 0.2) is 0 Å². The Morgan fingerprint density at radius 3 is 2.83 bits per heavy atom. The van der Waals surface area contributed by atoms with Crippen LogP contribution in [0.4, 0.5) is 0 Å². The average Bonchev–Trinajstić information content (AvgIpc) is 2.78. The SMILES string of the molecule is CC(C)(C)[S@+]([O-])NC1c2ccsc2C[C@H]1C(=O)O. The van der Waals surface area contributed by atoms with E-state index in [9.17, 15) is 14.5 Å². The van der Waals surface area contributed by atoms with E-state index in [0.29, 0.717) is 6.42 Å². The van der Waals surface area contributed by atoms with Gasteiger partial charge in [-0.3, -0.25) is 4.79 Å². The van der Waals surface area contributed by atoms with Crippen molar-refractivity contribution in [1.82, 2.24) is 4.72 Å². The van der Waals surface area contributed by atoms with Crippen molar-refractivity contribution in [1.29, 1.82) is 0 Å². The van der Waals surface area contributed by atoms with Crippen LogP contribution >= 0.6 is 11.3 Å². The summed E-state index contributed by atoms with van der Waals surface area (Å²) in [4.78, 5) is 12.4. The van der Waals surface area contributed by atoms with Crippen molar-refractivity contribution in [2.24, 2.45) is 5.92 Å². The molecule has 0 spiro atoms. The lowest BCUT2D eigenvalue weighted by molar-refractivity contribution is -0.142. The molecule has 1 aromatic rings. The highest BCUT2D eigenvalue weighted by atomic mass is 32.2. The fourth-order valence-corrected chi connectivity index (χ4v) is 3.86. The summed E-state index contributed by atoms with van der Waals surface area (Å²) in [7, 11) is 0. The predicted molar refractivity (Wildman–Crippen MR) is 72.9 cm³/mol. The summed E-state index contributed by atoms with van der Waals surface area (Å²) in [5, 5.41) is 11.2. The number of fused-ring (bicyclic) bond motifs is 1. The minimum absolute atomic E-state index is 0.344. The largest absolute Gasteiger partial charge is 0.598 e. The summed E-state index contributed by atoms with van der Waals surface area (Å²) in [6.07, 6.45) is 0.529. The highest BCUT2D eigenvalue weighted by molar-refractivity contribution is 7.90. The summed E-state index contributed by atoms with van der Waals surface area (Å²) in [6, 6.07) is 1.59. The third-order valence-electron chi connectivity index (χ3n) is 3.03. The molecule has 0 radical (unpaired) electrons. The summed E-state index contributed by atoms with van der Waals surface area (Å²) in [6.45, 7) is 5.61. The second kappa shape index (κ2) is 4.85. The van der Waals surface area contributed by atoms with Gasteiger partial charge in [0.1, 0.15) is 4.75 Å². The normalized spacial score (nSPS) is 24.9. The van der Waals surface area contributed by atoms with Crippen LogP contribution in [-0.4, -0.2) is 20.4 Å². The molecule has 1 aromatic heterocycles. The molecule has 0 saturated carbocycles. The molecule has 0 fully saturated rings. The second-order valence-corrected chi connectivity index (χ2v) is 8.42. The van der Waals surface area contributed by atoms with Crippen molar-refractivity contribution >= 4 is 28.7 Å². The number of carboxylic acid groups (broad SMARTS) is 1. The molecule has 3 atom stereocenters. The Morgan fingerprint density at radius 1 is 1.61 bits per heavy atom. The smallest absolute Gasteiger partial charge is 0.308 e. The van der Waals surface area contributed by atoms with Gasteiger partial charge in [-0.15, -0.1) is 16.1 Å². The van der Waals surface area contributed by atoms with Gasteiger partial charge in [-0.1, -0.05) is 0 Å². The Kier molecular flexibility index (Phi) is 3.73. The van der Waals surface area contributed by atoms with Gasteiger partial charge < -0.3 is 9.66 Å². The molecule has 1 unspecified atom stereocenters. The zero-order valence-electron chi connectivity index (χ0n) is 10.6. The quantitative estimate of drug-likeness (QED) is 0.835. The van der Waals surface area contributed by atoms with Crippen LogP contribution in [-0.2, 0) is 22.6 Å². The minimum Gasteiger partial charge on any atom is -0.598 e. The lowest BCUT2D eigenvalue weighted by Crippen LogP contribution is -2.43. The van der Waals surface area contributed by atoms with Gasteiger partial charge >= 0.3 is 5.97 Å². The van der Waals surface area contributed by atoms with Crippen LogP contribution in [0.3, 0.4) is 0 Å². The van der Waals surface area contributed by atoms with E-state index in [-0.39, 0.29) is 6.04 Å². The van der Waals surface area contributed by atoms with Crippen molar-refractivity contribution in [3.05, 3.63) is 21.9 Å². The fourth-order valence-electron chi connectivity index (χ4n) is 2.00. The molecular formula is C12H17NO3S2. The maximum Gasteiger partial charge on any atom is 0.308 e. The number of rotatable bonds is 3. The number of hydrogen-bond acceptors (Lipinski definition) is 4. The Morgan fingerprint density at radius 2 is 2.28 bits per heavy atom. The van der Waals surface area contributed by atoms with E-state index in [1.54, 1.807) is 11.3 Å². The lowest BCUT2D eigenvalue weighted by atomic mass is 10.0. The molecule has 0 bridgehead atoms. The van der Waals surface area contributed by atoms with E-state index in [1.807, 2.05) is 32.2 Å². The molecule has 1 heterocycles. The summed E-state index contributed by atoms with van der Waals surface area (Å²) >= 11 is 0.305. The van der Waals surface area contributed by atoms with Crippen LogP contribution in [0.2, 0.25) is 0 Å². The molecule has 100 valence electrons. The number of carboxylic acids is 1. The molecule has 0 saturated heterocycles. The van der Waals surface area contributed by atoms with E-state index in [4.69, 9.17) is 0 Å². The van der Waals surface area contributed by atoms with Gasteiger partial charge in [0, 0.05) is 16.2 Å². The first-order valence-corrected chi connectivity index (χ1v) is 7.81. The maximum absolute atomic E-state index is 12.1. The molecule has 18 heavy (non-hydrogen) atoms. The number of carbonyl (C=O) groups is 1. The van der Waals surface area contributed by atoms with Gasteiger partial charge in [-0.2, -0.15) is 0 Å². The van der Waals surface area contributed by atoms with Crippen molar-refractivity contribution < 1.29 is 14.5 Å². The van der Waals surface area contributed by atoms with Gasteiger partial charge in [-0.25, -0.2) is 0 Å². The molecule has 1 aliphatic carbocycles. The summed E-state index contributed by atoms with van der Waals surface area (Å²) in [5.41, 5.74) is 0.991. The van der Waals surface area contributed by atoms with Gasteiger partial charge in [-0.05, 0) is 44.2 Å². The number of hydrogen-bond donors (Lipinski definition) is 2. The van der Waals surface area contributed by atoms with E-state index in [1.165, 1.54) is 0 Å². The predicted octanol–water partition coefficient (Wildman–Crippen LogP) is 2.10. The molecule has 6 heteroatoms. The standard InChI is InChI=1S/C12H17NO3S2/c1-12(2,3)18(16)13-10-7-4-5-17-9(7)6-8(10)11(14)15/h4-5,8,10,13H,6H2,1-3H3,(H,14,15)/t8-,10?,18+/m1/s1. The lowest BCUT2D eigenvalue weighted by Gasteiger charge is -2.28. The Labute approximate surface area is 114 Å². The number of thiophene rings is 1. The summed E-state index contributed by atoms with van der Waals surface area (Å²) < 4.78 is 14.7. The Hall–Kier alpha value is -0.560. The highest BCUT2D eigenvalue weighted by Gasteiger charge is 2.42. The van der Waals surface area contributed by atoms with Crippen LogP contribution in [0.5, 0.6) is 0 Å². The van der Waals surface area contributed by atoms with Crippen molar-refractivity contribution in [2.45, 2.75) is 38.0 Å². The zero-order valence-corrected chi connectivity index (χ0v) is 12.2. The summed E-state index contributed by atoms with van der Waals surface area (Å²) in [5.74, 6) is -1.35. The molecular weight excluding hydrogens is 270 g/mol. The van der Waals surface area contributed by atoms with Crippen LogP contribution in [0.15, 0.2) is 11.4 Å². The number of nitrogens with one attached hydrogen (secondary N) is 1. The minimum atomic E-state index is -1.26. The van der Waals surface area contributed by atoms with Crippen molar-refractivity contribution in [3.8, 4) is 0 Å². The van der Waals surface area contributed by atoms with Crippen LogP contribution < -0.4 is 4.72 Å². The zero-order chi connectivity index (χ0) is 13.5. The van der Waals surface area contributed by atoms with Crippen LogP contribution in [0, 0.1) is 5.92 Å². The van der Waals surface area contributed by atoms with E-state index in [2.05, 4.69) is 4.72 Å². The van der Waals surface area contributed by atoms with Gasteiger partial charge in [0.05, 0.1) is 12.0 Å². The molecule has 0 aromatic carbocycles. The highest BCUT2D eigenvalue weighted by Crippen LogP contribution is 2.40. The monoisotopic (exact) mass is 287 g/mol.